The molecule has 47 heavy (non-hydrogen) atoms. The molecule has 2 unspecified atom stereocenters. The SMILES string of the molecule is CC/C=C/C=C/C=C/C=C/C=C/CCCC(=O)OC(COC(=O)CCCCCCCCCCCC)COP(=O)([O-])OCC[N+](C)(C)C. The molecular formula is C37H64NO8P. The van der Waals surface area contributed by atoms with Crippen molar-refractivity contribution in [1.82, 2.24) is 0 Å². The Hall–Kier alpha value is -2.29. The monoisotopic (exact) mass is 681 g/mol. The highest BCUT2D eigenvalue weighted by molar-refractivity contribution is 7.45. The summed E-state index contributed by atoms with van der Waals surface area (Å²) >= 11 is 0. The van der Waals surface area contributed by atoms with E-state index in [1.165, 1.54) is 44.9 Å². The van der Waals surface area contributed by atoms with E-state index in [2.05, 4.69) is 19.9 Å². The molecule has 270 valence electrons. The van der Waals surface area contributed by atoms with Gasteiger partial charge in [0.25, 0.3) is 7.82 Å². The van der Waals surface area contributed by atoms with E-state index in [4.69, 9.17) is 18.5 Å². The van der Waals surface area contributed by atoms with E-state index in [-0.39, 0.29) is 26.1 Å². The second kappa shape index (κ2) is 29.8. The fourth-order valence-corrected chi connectivity index (χ4v) is 4.88. The van der Waals surface area contributed by atoms with Crippen LogP contribution < -0.4 is 4.89 Å². The summed E-state index contributed by atoms with van der Waals surface area (Å²) in [6.45, 7) is 3.93. The predicted molar refractivity (Wildman–Crippen MR) is 190 cm³/mol. The van der Waals surface area contributed by atoms with Gasteiger partial charge in [0.15, 0.2) is 6.10 Å². The quantitative estimate of drug-likeness (QED) is 0.0245. The maximum atomic E-state index is 12.5. The maximum Gasteiger partial charge on any atom is 0.306 e. The van der Waals surface area contributed by atoms with E-state index in [0.29, 0.717) is 23.9 Å². The molecule has 10 heteroatoms. The van der Waals surface area contributed by atoms with Crippen LogP contribution in [0.4, 0.5) is 0 Å². The standard InChI is InChI=1S/C37H64NO8P/c1-6-8-10-12-14-16-18-19-20-22-24-26-28-30-37(40)46-35(34-45-47(41,42)44-32-31-38(3,4)5)33-43-36(39)29-27-25-23-21-17-15-13-11-9-7-2/h8,10,12,14,16,18-20,22,24,35H,6-7,9,11,13,15,17,21,23,25-34H2,1-5H3/b10-8+,14-12+,18-16+,20-19+,24-22+. The average molecular weight is 682 g/mol. The molecule has 0 amide bonds. The van der Waals surface area contributed by atoms with Gasteiger partial charge in [0.05, 0.1) is 27.7 Å². The Morgan fingerprint density at radius 1 is 0.681 bits per heavy atom. The van der Waals surface area contributed by atoms with Gasteiger partial charge < -0.3 is 27.9 Å². The predicted octanol–water partition coefficient (Wildman–Crippen LogP) is 8.32. The first-order chi connectivity index (χ1) is 22.5. The number of likely N-dealkylation sites (N-methyl/N-ethyl adjacent to an activating group) is 1. The zero-order chi connectivity index (χ0) is 35.1. The number of esters is 2. The summed E-state index contributed by atoms with van der Waals surface area (Å²) in [6.07, 6.45) is 32.7. The molecule has 0 radical (unpaired) electrons. The van der Waals surface area contributed by atoms with Crippen molar-refractivity contribution in [3.05, 3.63) is 60.8 Å². The fourth-order valence-electron chi connectivity index (χ4n) is 4.15. The van der Waals surface area contributed by atoms with Gasteiger partial charge in [-0.15, -0.1) is 0 Å². The topological polar surface area (TPSA) is 111 Å². The van der Waals surface area contributed by atoms with Crippen molar-refractivity contribution in [3.63, 3.8) is 0 Å². The number of ether oxygens (including phenoxy) is 2. The molecule has 0 saturated heterocycles. The number of phosphoric ester groups is 1. The molecule has 0 aromatic rings. The second-order valence-corrected chi connectivity index (χ2v) is 14.0. The molecule has 0 rings (SSSR count). The molecule has 0 aliphatic rings. The number of quaternary nitrogens is 1. The zero-order valence-electron chi connectivity index (χ0n) is 29.9. The smallest absolute Gasteiger partial charge is 0.306 e. The van der Waals surface area contributed by atoms with Gasteiger partial charge in [0.2, 0.25) is 0 Å². The first-order valence-corrected chi connectivity index (χ1v) is 19.0. The molecule has 0 N–H and O–H groups in total. The molecule has 0 aliphatic heterocycles. The lowest BCUT2D eigenvalue weighted by molar-refractivity contribution is -0.870. The molecule has 0 saturated carbocycles. The Morgan fingerprint density at radius 3 is 1.79 bits per heavy atom. The molecule has 0 fully saturated rings. The lowest BCUT2D eigenvalue weighted by Crippen LogP contribution is -2.37. The number of allylic oxidation sites excluding steroid dienone is 10. The summed E-state index contributed by atoms with van der Waals surface area (Å²) in [7, 11) is 1.11. The number of hydrogen-bond donors (Lipinski definition) is 0. The number of unbranched alkanes of at least 4 members (excludes halogenated alkanes) is 10. The normalized spacial score (nSPS) is 14.6. The van der Waals surface area contributed by atoms with Gasteiger partial charge in [-0.25, -0.2) is 0 Å². The highest BCUT2D eigenvalue weighted by Crippen LogP contribution is 2.38. The van der Waals surface area contributed by atoms with Gasteiger partial charge in [-0.1, -0.05) is 132 Å². The molecule has 9 nitrogen and oxygen atoms in total. The van der Waals surface area contributed by atoms with Crippen LogP contribution >= 0.6 is 7.82 Å². The highest BCUT2D eigenvalue weighted by atomic mass is 31.2. The summed E-state index contributed by atoms with van der Waals surface area (Å²) in [5.74, 6) is -0.931. The van der Waals surface area contributed by atoms with Crippen LogP contribution in [-0.4, -0.2) is 70.0 Å². The summed E-state index contributed by atoms with van der Waals surface area (Å²) in [4.78, 5) is 37.1. The van der Waals surface area contributed by atoms with E-state index >= 15 is 0 Å². The number of phosphoric acid groups is 1. The Kier molecular flexibility index (Phi) is 28.4. The molecular weight excluding hydrogens is 617 g/mol. The van der Waals surface area contributed by atoms with E-state index < -0.39 is 32.5 Å². The molecule has 0 spiro atoms. The van der Waals surface area contributed by atoms with Crippen LogP contribution in [0.15, 0.2) is 60.8 Å². The third kappa shape index (κ3) is 33.4. The van der Waals surface area contributed by atoms with Crippen molar-refractivity contribution in [1.29, 1.82) is 0 Å². The van der Waals surface area contributed by atoms with Gasteiger partial charge >= 0.3 is 11.9 Å². The van der Waals surface area contributed by atoms with Crippen molar-refractivity contribution in [2.75, 3.05) is 47.5 Å². The lowest BCUT2D eigenvalue weighted by Gasteiger charge is -2.28. The Balaban J connectivity index is 4.65. The molecule has 0 bridgehead atoms. The average Bonchev–Trinajstić information content (AvgIpc) is 3.01. The summed E-state index contributed by atoms with van der Waals surface area (Å²) in [5.41, 5.74) is 0. The van der Waals surface area contributed by atoms with Crippen molar-refractivity contribution >= 4 is 19.8 Å². The van der Waals surface area contributed by atoms with E-state index in [1.807, 2.05) is 75.8 Å². The summed E-state index contributed by atoms with van der Waals surface area (Å²) < 4.78 is 33.5. The number of hydrogen-bond acceptors (Lipinski definition) is 8. The number of nitrogens with zero attached hydrogens (tertiary/aromatic N) is 1. The minimum atomic E-state index is -4.63. The number of carbonyl (C=O) groups is 2. The third-order valence-electron chi connectivity index (χ3n) is 6.93. The molecule has 0 heterocycles. The molecule has 2 atom stereocenters. The van der Waals surface area contributed by atoms with E-state index in [0.717, 1.165) is 25.7 Å². The van der Waals surface area contributed by atoms with Gasteiger partial charge in [0.1, 0.15) is 19.8 Å². The largest absolute Gasteiger partial charge is 0.756 e. The van der Waals surface area contributed by atoms with Crippen LogP contribution in [0, 0.1) is 0 Å². The Bertz CT molecular complexity index is 997. The van der Waals surface area contributed by atoms with Gasteiger partial charge in [-0.2, -0.15) is 0 Å². The Labute approximate surface area is 286 Å². The van der Waals surface area contributed by atoms with Gasteiger partial charge in [0, 0.05) is 12.8 Å². The zero-order valence-corrected chi connectivity index (χ0v) is 30.8. The fraction of sp³-hybridized carbons (Fsp3) is 0.676. The maximum absolute atomic E-state index is 12.5. The van der Waals surface area contributed by atoms with Crippen molar-refractivity contribution in [2.45, 2.75) is 116 Å². The highest BCUT2D eigenvalue weighted by Gasteiger charge is 2.21. The number of rotatable bonds is 30. The number of carbonyl (C=O) groups excluding carboxylic acids is 2. The lowest BCUT2D eigenvalue weighted by atomic mass is 10.1. The first-order valence-electron chi connectivity index (χ1n) is 17.6. The van der Waals surface area contributed by atoms with Crippen molar-refractivity contribution in [3.8, 4) is 0 Å². The van der Waals surface area contributed by atoms with E-state index in [9.17, 15) is 19.0 Å². The molecule has 0 aromatic heterocycles. The second-order valence-electron chi connectivity index (χ2n) is 12.6. The first kappa shape index (κ1) is 44.7. The van der Waals surface area contributed by atoms with Crippen LogP contribution in [0.5, 0.6) is 0 Å². The third-order valence-corrected chi connectivity index (χ3v) is 7.89. The van der Waals surface area contributed by atoms with Gasteiger partial charge in [-0.05, 0) is 25.7 Å². The summed E-state index contributed by atoms with van der Waals surface area (Å²) in [6, 6.07) is 0. The summed E-state index contributed by atoms with van der Waals surface area (Å²) in [5, 5.41) is 0. The van der Waals surface area contributed by atoms with Crippen LogP contribution in [0.2, 0.25) is 0 Å². The van der Waals surface area contributed by atoms with Crippen molar-refractivity contribution < 1.29 is 42.1 Å². The van der Waals surface area contributed by atoms with Crippen LogP contribution in [0.25, 0.3) is 0 Å². The molecule has 0 aliphatic carbocycles. The molecule has 0 aromatic carbocycles. The van der Waals surface area contributed by atoms with Crippen LogP contribution in [0.1, 0.15) is 110 Å². The van der Waals surface area contributed by atoms with E-state index in [1.54, 1.807) is 0 Å². The minimum Gasteiger partial charge on any atom is -0.756 e. The minimum absolute atomic E-state index is 0.0464. The van der Waals surface area contributed by atoms with Crippen LogP contribution in [0.3, 0.4) is 0 Å². The van der Waals surface area contributed by atoms with Crippen LogP contribution in [-0.2, 0) is 32.7 Å². The van der Waals surface area contributed by atoms with Crippen molar-refractivity contribution in [2.24, 2.45) is 0 Å². The van der Waals surface area contributed by atoms with Gasteiger partial charge in [-0.3, -0.25) is 14.2 Å². The Morgan fingerprint density at radius 2 is 1.21 bits per heavy atom.